The van der Waals surface area contributed by atoms with Crippen LogP contribution in [0.25, 0.3) is 11.0 Å². The van der Waals surface area contributed by atoms with E-state index in [9.17, 15) is 9.59 Å². The molecule has 0 radical (unpaired) electrons. The third-order valence-corrected chi connectivity index (χ3v) is 5.60. The molecule has 168 valence electrons. The number of hydrogen-bond acceptors (Lipinski definition) is 5. The molecule has 4 aromatic rings. The van der Waals surface area contributed by atoms with Gasteiger partial charge in [0.05, 0.1) is 20.6 Å². The number of methoxy groups -OCH3 is 2. The molecule has 3 aromatic carbocycles. The van der Waals surface area contributed by atoms with Gasteiger partial charge in [-0.2, -0.15) is 0 Å². The Kier molecular flexibility index (Phi) is 6.38. The molecule has 0 fully saturated rings. The van der Waals surface area contributed by atoms with Crippen LogP contribution in [0.15, 0.2) is 65.1 Å². The average molecular weight is 464 g/mol. The lowest BCUT2D eigenvalue weighted by Gasteiger charge is -2.08. The Bertz CT molecular complexity index is 1340. The molecule has 0 unspecified atom stereocenters. The highest BCUT2D eigenvalue weighted by Gasteiger charge is 2.21. The van der Waals surface area contributed by atoms with Crippen molar-refractivity contribution in [1.29, 1.82) is 0 Å². The molecule has 0 atom stereocenters. The molecule has 0 saturated heterocycles. The molecule has 1 aromatic heterocycles. The highest BCUT2D eigenvalue weighted by Crippen LogP contribution is 2.32. The number of carbonyl (C=O) groups is 2. The number of hydrogen-bond donors (Lipinski definition) is 1. The van der Waals surface area contributed by atoms with Gasteiger partial charge < -0.3 is 19.2 Å². The number of halogens is 1. The van der Waals surface area contributed by atoms with E-state index >= 15 is 0 Å². The highest BCUT2D eigenvalue weighted by atomic mass is 35.5. The summed E-state index contributed by atoms with van der Waals surface area (Å²) in [6.45, 7) is 1.83. The van der Waals surface area contributed by atoms with Crippen molar-refractivity contribution in [2.24, 2.45) is 0 Å². The molecule has 1 N–H and O–H groups in total. The number of furan rings is 1. The van der Waals surface area contributed by atoms with Crippen molar-refractivity contribution in [3.8, 4) is 11.5 Å². The molecule has 0 bridgehead atoms. The van der Waals surface area contributed by atoms with Crippen molar-refractivity contribution >= 4 is 39.9 Å². The van der Waals surface area contributed by atoms with Gasteiger partial charge in [0.25, 0.3) is 0 Å². The van der Waals surface area contributed by atoms with Gasteiger partial charge in [-0.05, 0) is 55.0 Å². The number of ketones is 1. The standard InChI is InChI=1S/C26H22ClNO5/c1-15-20-10-9-19(28-24(29)12-16-4-7-18(27)8-5-16)14-22(20)33-26(15)25(30)17-6-11-21(31-2)23(13-17)32-3/h4-11,13-14H,12H2,1-3H3,(H,28,29). The molecular weight excluding hydrogens is 442 g/mol. The lowest BCUT2D eigenvalue weighted by atomic mass is 10.0. The van der Waals surface area contributed by atoms with Crippen LogP contribution in [0.4, 0.5) is 5.69 Å². The molecule has 4 rings (SSSR count). The van der Waals surface area contributed by atoms with E-state index in [2.05, 4.69) is 5.32 Å². The third-order valence-electron chi connectivity index (χ3n) is 5.35. The minimum atomic E-state index is -0.266. The molecule has 1 heterocycles. The van der Waals surface area contributed by atoms with E-state index in [4.69, 9.17) is 25.5 Å². The topological polar surface area (TPSA) is 77.8 Å². The number of fused-ring (bicyclic) bond motifs is 1. The van der Waals surface area contributed by atoms with Crippen LogP contribution >= 0.6 is 11.6 Å². The summed E-state index contributed by atoms with van der Waals surface area (Å²) in [6, 6.07) is 17.4. The Morgan fingerprint density at radius 1 is 0.939 bits per heavy atom. The van der Waals surface area contributed by atoms with E-state index in [1.165, 1.54) is 14.2 Å². The highest BCUT2D eigenvalue weighted by molar-refractivity contribution is 6.30. The normalized spacial score (nSPS) is 10.8. The van der Waals surface area contributed by atoms with Gasteiger partial charge in [0.2, 0.25) is 11.7 Å². The quantitative estimate of drug-likeness (QED) is 0.349. The number of amides is 1. The molecule has 0 aliphatic carbocycles. The lowest BCUT2D eigenvalue weighted by Crippen LogP contribution is -2.14. The van der Waals surface area contributed by atoms with Crippen molar-refractivity contribution in [2.45, 2.75) is 13.3 Å². The van der Waals surface area contributed by atoms with Gasteiger partial charge in [-0.15, -0.1) is 0 Å². The Morgan fingerprint density at radius 2 is 1.67 bits per heavy atom. The molecule has 6 nitrogen and oxygen atoms in total. The maximum atomic E-state index is 13.1. The van der Waals surface area contributed by atoms with Crippen LogP contribution in [-0.2, 0) is 11.2 Å². The van der Waals surface area contributed by atoms with E-state index in [0.29, 0.717) is 33.4 Å². The summed E-state index contributed by atoms with van der Waals surface area (Å²) >= 11 is 5.89. The van der Waals surface area contributed by atoms with Gasteiger partial charge in [-0.25, -0.2) is 0 Å². The first-order chi connectivity index (χ1) is 15.9. The maximum Gasteiger partial charge on any atom is 0.228 e. The molecule has 0 aliphatic rings. The van der Waals surface area contributed by atoms with Gasteiger partial charge in [0.15, 0.2) is 17.3 Å². The van der Waals surface area contributed by atoms with E-state index in [-0.39, 0.29) is 23.9 Å². The first-order valence-electron chi connectivity index (χ1n) is 10.2. The van der Waals surface area contributed by atoms with Crippen molar-refractivity contribution < 1.29 is 23.5 Å². The Balaban J connectivity index is 1.57. The number of nitrogens with one attached hydrogen (secondary N) is 1. The number of benzene rings is 3. The summed E-state index contributed by atoms with van der Waals surface area (Å²) in [5.74, 6) is 0.804. The van der Waals surface area contributed by atoms with Crippen LogP contribution in [-0.4, -0.2) is 25.9 Å². The first-order valence-corrected chi connectivity index (χ1v) is 10.6. The van der Waals surface area contributed by atoms with Crippen LogP contribution in [0.5, 0.6) is 11.5 Å². The largest absolute Gasteiger partial charge is 0.493 e. The zero-order valence-corrected chi connectivity index (χ0v) is 19.2. The first kappa shape index (κ1) is 22.4. The van der Waals surface area contributed by atoms with Crippen LogP contribution in [0.3, 0.4) is 0 Å². The predicted molar refractivity (Wildman–Crippen MR) is 128 cm³/mol. The van der Waals surface area contributed by atoms with Gasteiger partial charge in [-0.3, -0.25) is 9.59 Å². The van der Waals surface area contributed by atoms with E-state index < -0.39 is 0 Å². The number of aryl methyl sites for hydroxylation is 1. The van der Waals surface area contributed by atoms with Crippen molar-refractivity contribution in [3.63, 3.8) is 0 Å². The molecule has 0 saturated carbocycles. The SMILES string of the molecule is COc1ccc(C(=O)c2oc3cc(NC(=O)Cc4ccc(Cl)cc4)ccc3c2C)cc1OC. The fourth-order valence-corrected chi connectivity index (χ4v) is 3.75. The monoisotopic (exact) mass is 463 g/mol. The predicted octanol–water partition coefficient (Wildman–Crippen LogP) is 5.82. The molecule has 0 aliphatic heterocycles. The number of rotatable bonds is 7. The molecule has 0 spiro atoms. The zero-order valence-electron chi connectivity index (χ0n) is 18.4. The van der Waals surface area contributed by atoms with Crippen LogP contribution in [0.1, 0.15) is 27.2 Å². The van der Waals surface area contributed by atoms with E-state index in [1.54, 1.807) is 42.5 Å². The minimum Gasteiger partial charge on any atom is -0.493 e. The van der Waals surface area contributed by atoms with E-state index in [0.717, 1.165) is 16.5 Å². The fourth-order valence-electron chi connectivity index (χ4n) is 3.62. The zero-order chi connectivity index (χ0) is 23.5. The second-order valence-electron chi connectivity index (χ2n) is 7.52. The summed E-state index contributed by atoms with van der Waals surface area (Å²) < 4.78 is 16.4. The molecule has 7 heteroatoms. The van der Waals surface area contributed by atoms with Gasteiger partial charge in [0.1, 0.15) is 5.58 Å². The maximum absolute atomic E-state index is 13.1. The number of ether oxygens (including phenoxy) is 2. The van der Waals surface area contributed by atoms with Crippen LogP contribution < -0.4 is 14.8 Å². The average Bonchev–Trinajstić information content (AvgIpc) is 3.15. The summed E-state index contributed by atoms with van der Waals surface area (Å²) in [7, 11) is 3.05. The molecule has 1 amide bonds. The summed E-state index contributed by atoms with van der Waals surface area (Å²) in [6.07, 6.45) is 0.218. The second-order valence-corrected chi connectivity index (χ2v) is 7.95. The minimum absolute atomic E-state index is 0.165. The lowest BCUT2D eigenvalue weighted by molar-refractivity contribution is -0.115. The van der Waals surface area contributed by atoms with Gasteiger partial charge in [0, 0.05) is 33.3 Å². The summed E-state index contributed by atoms with van der Waals surface area (Å²) in [4.78, 5) is 25.6. The van der Waals surface area contributed by atoms with Crippen molar-refractivity contribution in [2.75, 3.05) is 19.5 Å². The Labute approximate surface area is 196 Å². The van der Waals surface area contributed by atoms with E-state index in [1.807, 2.05) is 25.1 Å². The smallest absolute Gasteiger partial charge is 0.228 e. The van der Waals surface area contributed by atoms with Crippen molar-refractivity contribution in [3.05, 3.63) is 88.1 Å². The summed E-state index contributed by atoms with van der Waals surface area (Å²) in [5.41, 5.74) is 3.10. The Morgan fingerprint density at radius 3 is 2.36 bits per heavy atom. The number of carbonyl (C=O) groups excluding carboxylic acids is 2. The second kappa shape index (κ2) is 9.38. The molecule has 33 heavy (non-hydrogen) atoms. The van der Waals surface area contributed by atoms with Gasteiger partial charge >= 0.3 is 0 Å². The van der Waals surface area contributed by atoms with Crippen molar-refractivity contribution in [1.82, 2.24) is 0 Å². The van der Waals surface area contributed by atoms with Gasteiger partial charge in [-0.1, -0.05) is 23.7 Å². The summed E-state index contributed by atoms with van der Waals surface area (Å²) in [5, 5.41) is 4.29. The third kappa shape index (κ3) is 4.71. The Hall–Kier alpha value is -3.77. The molecular formula is C26H22ClNO5. The van der Waals surface area contributed by atoms with Crippen LogP contribution in [0.2, 0.25) is 5.02 Å². The fraction of sp³-hybridized carbons (Fsp3) is 0.154. The van der Waals surface area contributed by atoms with Crippen LogP contribution in [0, 0.1) is 6.92 Å². The number of anilines is 1.